The molecule has 3 nitrogen and oxygen atoms in total. The molecule has 0 amide bonds. The summed E-state index contributed by atoms with van der Waals surface area (Å²) in [5, 5.41) is 15.0. The molecule has 0 spiro atoms. The fourth-order valence-corrected chi connectivity index (χ4v) is 2.90. The van der Waals surface area contributed by atoms with Crippen LogP contribution in [0.5, 0.6) is 0 Å². The maximum Gasteiger partial charge on any atom is 0.0828 e. The summed E-state index contributed by atoms with van der Waals surface area (Å²) in [4.78, 5) is 4.66. The molecule has 0 saturated heterocycles. The van der Waals surface area contributed by atoms with Crippen molar-refractivity contribution in [2.75, 3.05) is 12.4 Å². The van der Waals surface area contributed by atoms with Gasteiger partial charge in [0.05, 0.1) is 17.3 Å². The Kier molecular flexibility index (Phi) is 2.88. The summed E-state index contributed by atoms with van der Waals surface area (Å²) in [6.45, 7) is 0. The van der Waals surface area contributed by atoms with E-state index in [0.29, 0.717) is 5.02 Å². The first kappa shape index (κ1) is 11.8. The van der Waals surface area contributed by atoms with Crippen LogP contribution in [0, 0.1) is 0 Å². The summed E-state index contributed by atoms with van der Waals surface area (Å²) >= 11 is 6.05. The smallest absolute Gasteiger partial charge is 0.0828 e. The van der Waals surface area contributed by atoms with Gasteiger partial charge in [0, 0.05) is 28.7 Å². The number of fused-ring (bicyclic) bond motifs is 2. The zero-order chi connectivity index (χ0) is 12.7. The molecular formula is C14H15ClN2O. The quantitative estimate of drug-likeness (QED) is 0.829. The van der Waals surface area contributed by atoms with Crippen LogP contribution in [0.2, 0.25) is 5.02 Å². The van der Waals surface area contributed by atoms with Crippen LogP contribution in [0.3, 0.4) is 0 Å². The summed E-state index contributed by atoms with van der Waals surface area (Å²) in [7, 11) is 1.87. The fourth-order valence-electron chi connectivity index (χ4n) is 2.73. The molecule has 1 unspecified atom stereocenters. The third kappa shape index (κ3) is 1.74. The molecule has 2 aromatic rings. The van der Waals surface area contributed by atoms with Crippen LogP contribution in [0.25, 0.3) is 10.9 Å². The zero-order valence-corrected chi connectivity index (χ0v) is 11.0. The molecule has 0 saturated carbocycles. The molecule has 1 aromatic heterocycles. The number of hydrogen-bond acceptors (Lipinski definition) is 3. The van der Waals surface area contributed by atoms with Gasteiger partial charge in [-0.05, 0) is 37.5 Å². The second-order valence-electron chi connectivity index (χ2n) is 4.67. The highest BCUT2D eigenvalue weighted by Crippen LogP contribution is 2.38. The highest BCUT2D eigenvalue weighted by molar-refractivity contribution is 6.31. The van der Waals surface area contributed by atoms with Gasteiger partial charge in [-0.2, -0.15) is 0 Å². The summed E-state index contributed by atoms with van der Waals surface area (Å²) in [6, 6.07) is 5.68. The average molecular weight is 263 g/mol. The van der Waals surface area contributed by atoms with Crippen LogP contribution in [0.15, 0.2) is 18.2 Å². The van der Waals surface area contributed by atoms with E-state index in [1.54, 1.807) is 0 Å². The van der Waals surface area contributed by atoms with E-state index in [0.717, 1.165) is 47.1 Å². The number of halogens is 1. The van der Waals surface area contributed by atoms with Crippen molar-refractivity contribution in [1.82, 2.24) is 4.98 Å². The number of hydrogen-bond donors (Lipinski definition) is 2. The Bertz CT molecular complexity index is 612. The van der Waals surface area contributed by atoms with E-state index in [-0.39, 0.29) is 0 Å². The topological polar surface area (TPSA) is 45.2 Å². The van der Waals surface area contributed by atoms with Gasteiger partial charge in [-0.15, -0.1) is 0 Å². The van der Waals surface area contributed by atoms with Crippen LogP contribution in [0.1, 0.15) is 30.2 Å². The molecule has 18 heavy (non-hydrogen) atoms. The molecule has 0 fully saturated rings. The molecule has 1 aliphatic rings. The summed E-state index contributed by atoms with van der Waals surface area (Å²) in [5.41, 5.74) is 3.84. The molecule has 0 aliphatic heterocycles. The van der Waals surface area contributed by atoms with E-state index in [4.69, 9.17) is 11.6 Å². The summed E-state index contributed by atoms with van der Waals surface area (Å²) in [6.07, 6.45) is 2.30. The number of anilines is 1. The van der Waals surface area contributed by atoms with Crippen LogP contribution < -0.4 is 5.32 Å². The molecule has 0 bridgehead atoms. The van der Waals surface area contributed by atoms with Gasteiger partial charge in [-0.3, -0.25) is 4.98 Å². The first-order valence-electron chi connectivity index (χ1n) is 6.18. The molecule has 94 valence electrons. The Hall–Kier alpha value is -1.32. The Balaban J connectivity index is 2.37. The SMILES string of the molecule is CNc1c2c(nc3ccc(Cl)cc13)CCCC2O. The second kappa shape index (κ2) is 4.41. The van der Waals surface area contributed by atoms with E-state index in [2.05, 4.69) is 10.3 Å². The fraction of sp³-hybridized carbons (Fsp3) is 0.357. The highest BCUT2D eigenvalue weighted by Gasteiger charge is 2.24. The number of aryl methyl sites for hydroxylation is 1. The van der Waals surface area contributed by atoms with Gasteiger partial charge in [-0.25, -0.2) is 0 Å². The zero-order valence-electron chi connectivity index (χ0n) is 10.2. The number of aromatic nitrogens is 1. The van der Waals surface area contributed by atoms with Crippen LogP contribution in [0.4, 0.5) is 5.69 Å². The molecule has 0 radical (unpaired) electrons. The maximum absolute atomic E-state index is 10.2. The third-order valence-corrected chi connectivity index (χ3v) is 3.77. The first-order valence-corrected chi connectivity index (χ1v) is 6.56. The van der Waals surface area contributed by atoms with E-state index in [1.807, 2.05) is 25.2 Å². The van der Waals surface area contributed by atoms with Gasteiger partial charge in [0.1, 0.15) is 0 Å². The number of aliphatic hydroxyl groups is 1. The van der Waals surface area contributed by atoms with Crippen molar-refractivity contribution >= 4 is 28.2 Å². The Morgan fingerprint density at radius 1 is 1.44 bits per heavy atom. The molecule has 1 heterocycles. The Labute approximate surface area is 111 Å². The monoisotopic (exact) mass is 262 g/mol. The lowest BCUT2D eigenvalue weighted by atomic mass is 9.90. The lowest BCUT2D eigenvalue weighted by molar-refractivity contribution is 0.156. The average Bonchev–Trinajstić information content (AvgIpc) is 2.37. The van der Waals surface area contributed by atoms with Crippen molar-refractivity contribution in [2.24, 2.45) is 0 Å². The minimum atomic E-state index is -0.424. The van der Waals surface area contributed by atoms with Crippen molar-refractivity contribution in [1.29, 1.82) is 0 Å². The highest BCUT2D eigenvalue weighted by atomic mass is 35.5. The van der Waals surface area contributed by atoms with Crippen molar-refractivity contribution in [3.05, 3.63) is 34.5 Å². The van der Waals surface area contributed by atoms with Crippen LogP contribution in [-0.2, 0) is 6.42 Å². The lowest BCUT2D eigenvalue weighted by Crippen LogP contribution is -2.14. The normalized spacial score (nSPS) is 18.7. The number of nitrogens with one attached hydrogen (secondary N) is 1. The number of benzene rings is 1. The number of rotatable bonds is 1. The van der Waals surface area contributed by atoms with Crippen molar-refractivity contribution in [3.63, 3.8) is 0 Å². The molecular weight excluding hydrogens is 248 g/mol. The van der Waals surface area contributed by atoms with Gasteiger partial charge in [0.25, 0.3) is 0 Å². The predicted molar refractivity (Wildman–Crippen MR) is 74.2 cm³/mol. The second-order valence-corrected chi connectivity index (χ2v) is 5.10. The minimum Gasteiger partial charge on any atom is -0.388 e. The molecule has 1 atom stereocenters. The van der Waals surface area contributed by atoms with E-state index in [9.17, 15) is 5.11 Å². The minimum absolute atomic E-state index is 0.424. The first-order chi connectivity index (χ1) is 8.70. The Morgan fingerprint density at radius 2 is 2.28 bits per heavy atom. The number of aliphatic hydroxyl groups excluding tert-OH is 1. The maximum atomic E-state index is 10.2. The number of nitrogens with zero attached hydrogens (tertiary/aromatic N) is 1. The van der Waals surface area contributed by atoms with E-state index < -0.39 is 6.10 Å². The van der Waals surface area contributed by atoms with Gasteiger partial charge in [0.15, 0.2) is 0 Å². The van der Waals surface area contributed by atoms with Gasteiger partial charge >= 0.3 is 0 Å². The standard InChI is InChI=1S/C14H15ClN2O/c1-16-14-9-7-8(15)5-6-10(9)17-11-3-2-4-12(18)13(11)14/h5-7,12,18H,2-4H2,1H3,(H,16,17). The van der Waals surface area contributed by atoms with Crippen molar-refractivity contribution in [2.45, 2.75) is 25.4 Å². The molecule has 1 aliphatic carbocycles. The van der Waals surface area contributed by atoms with E-state index >= 15 is 0 Å². The van der Waals surface area contributed by atoms with Gasteiger partial charge in [-0.1, -0.05) is 11.6 Å². The Morgan fingerprint density at radius 3 is 3.06 bits per heavy atom. The largest absolute Gasteiger partial charge is 0.388 e. The van der Waals surface area contributed by atoms with E-state index in [1.165, 1.54) is 0 Å². The van der Waals surface area contributed by atoms with Crippen molar-refractivity contribution in [3.8, 4) is 0 Å². The molecule has 3 rings (SSSR count). The molecule has 1 aromatic carbocycles. The number of pyridine rings is 1. The van der Waals surface area contributed by atoms with Crippen molar-refractivity contribution < 1.29 is 5.11 Å². The van der Waals surface area contributed by atoms with Crippen LogP contribution in [-0.4, -0.2) is 17.1 Å². The summed E-state index contributed by atoms with van der Waals surface area (Å²) in [5.74, 6) is 0. The van der Waals surface area contributed by atoms with Crippen LogP contribution >= 0.6 is 11.6 Å². The predicted octanol–water partition coefficient (Wildman–Crippen LogP) is 3.30. The van der Waals surface area contributed by atoms with Gasteiger partial charge in [0.2, 0.25) is 0 Å². The lowest BCUT2D eigenvalue weighted by Gasteiger charge is -2.24. The summed E-state index contributed by atoms with van der Waals surface area (Å²) < 4.78 is 0. The third-order valence-electron chi connectivity index (χ3n) is 3.54. The molecule has 2 N–H and O–H groups in total. The molecule has 4 heteroatoms. The van der Waals surface area contributed by atoms with Gasteiger partial charge < -0.3 is 10.4 Å².